The Bertz CT molecular complexity index is 462. The van der Waals surface area contributed by atoms with E-state index < -0.39 is 0 Å². The maximum Gasteiger partial charge on any atom is 0.0568 e. The molecule has 0 spiro atoms. The lowest BCUT2D eigenvalue weighted by molar-refractivity contribution is 0.572. The topological polar surface area (TPSA) is 17.8 Å². The average Bonchev–Trinajstić information content (AvgIpc) is 2.75. The second kappa shape index (κ2) is 5.30. The predicted molar refractivity (Wildman–Crippen MR) is 70.3 cm³/mol. The third-order valence-electron chi connectivity index (χ3n) is 2.56. The van der Waals surface area contributed by atoms with E-state index in [4.69, 9.17) is 0 Å². The van der Waals surface area contributed by atoms with Gasteiger partial charge in [-0.25, -0.2) is 0 Å². The van der Waals surface area contributed by atoms with E-state index in [9.17, 15) is 0 Å². The number of nitrogens with zero attached hydrogens (tertiary/aromatic N) is 2. The molecule has 3 heteroatoms. The van der Waals surface area contributed by atoms with E-state index in [1.807, 2.05) is 23.0 Å². The van der Waals surface area contributed by atoms with Gasteiger partial charge < -0.3 is 0 Å². The molecule has 0 aliphatic heterocycles. The summed E-state index contributed by atoms with van der Waals surface area (Å²) in [5, 5.41) is 4.37. The summed E-state index contributed by atoms with van der Waals surface area (Å²) >= 11 is 3.56. The van der Waals surface area contributed by atoms with Crippen molar-refractivity contribution in [2.24, 2.45) is 0 Å². The lowest BCUT2D eigenvalue weighted by Crippen LogP contribution is -1.96. The number of aryl methyl sites for hydroxylation is 1. The zero-order valence-electron chi connectivity index (χ0n) is 9.36. The van der Waals surface area contributed by atoms with Gasteiger partial charge in [0.25, 0.3) is 0 Å². The van der Waals surface area contributed by atoms with E-state index in [1.54, 1.807) is 0 Å². The number of aromatic nitrogens is 2. The third kappa shape index (κ3) is 2.53. The minimum absolute atomic E-state index is 1.00. The van der Waals surface area contributed by atoms with Crippen molar-refractivity contribution in [1.82, 2.24) is 9.78 Å². The molecule has 0 saturated carbocycles. The molecule has 0 N–H and O–H groups in total. The standard InChI is InChI=1S/C13H15BrN2/c1-2-3-8-16-10-11(9-15-16)12-6-4-5-7-13(12)14/h4-7,9-10H,2-3,8H2,1H3. The molecule has 0 saturated heterocycles. The van der Waals surface area contributed by atoms with E-state index in [2.05, 4.69) is 46.3 Å². The first kappa shape index (κ1) is 11.4. The highest BCUT2D eigenvalue weighted by molar-refractivity contribution is 9.10. The lowest BCUT2D eigenvalue weighted by atomic mass is 10.1. The first-order valence-corrected chi connectivity index (χ1v) is 6.38. The first-order chi connectivity index (χ1) is 7.81. The van der Waals surface area contributed by atoms with Gasteiger partial charge in [0.15, 0.2) is 0 Å². The van der Waals surface area contributed by atoms with Crippen LogP contribution in [-0.2, 0) is 6.54 Å². The Balaban J connectivity index is 2.22. The smallest absolute Gasteiger partial charge is 0.0568 e. The van der Waals surface area contributed by atoms with Crippen molar-refractivity contribution in [3.05, 3.63) is 41.1 Å². The van der Waals surface area contributed by atoms with Crippen LogP contribution in [0.15, 0.2) is 41.1 Å². The molecule has 1 aromatic heterocycles. The van der Waals surface area contributed by atoms with Crippen molar-refractivity contribution >= 4 is 15.9 Å². The predicted octanol–water partition coefficient (Wildman–Crippen LogP) is 4.11. The van der Waals surface area contributed by atoms with E-state index in [-0.39, 0.29) is 0 Å². The Kier molecular flexibility index (Phi) is 3.78. The fourth-order valence-corrected chi connectivity index (χ4v) is 2.15. The molecule has 0 bridgehead atoms. The number of hydrogen-bond acceptors (Lipinski definition) is 1. The molecule has 0 unspecified atom stereocenters. The fraction of sp³-hybridized carbons (Fsp3) is 0.308. The average molecular weight is 279 g/mol. The Labute approximate surface area is 104 Å². The highest BCUT2D eigenvalue weighted by Crippen LogP contribution is 2.27. The minimum Gasteiger partial charge on any atom is -0.272 e. The SMILES string of the molecule is CCCCn1cc(-c2ccccc2Br)cn1. The van der Waals surface area contributed by atoms with Gasteiger partial charge >= 0.3 is 0 Å². The molecular formula is C13H15BrN2. The molecule has 0 aliphatic carbocycles. The van der Waals surface area contributed by atoms with Gasteiger partial charge in [-0.05, 0) is 18.1 Å². The van der Waals surface area contributed by atoms with Crippen molar-refractivity contribution < 1.29 is 0 Å². The van der Waals surface area contributed by atoms with Gasteiger partial charge in [-0.3, -0.25) is 4.68 Å². The summed E-state index contributed by atoms with van der Waals surface area (Å²) in [6.45, 7) is 3.19. The molecular weight excluding hydrogens is 264 g/mol. The molecule has 2 rings (SSSR count). The van der Waals surface area contributed by atoms with Crippen LogP contribution in [0.3, 0.4) is 0 Å². The van der Waals surface area contributed by atoms with Gasteiger partial charge in [0.2, 0.25) is 0 Å². The van der Waals surface area contributed by atoms with E-state index in [0.29, 0.717) is 0 Å². The molecule has 1 heterocycles. The van der Waals surface area contributed by atoms with Crippen LogP contribution in [0.1, 0.15) is 19.8 Å². The Morgan fingerprint density at radius 3 is 2.88 bits per heavy atom. The maximum absolute atomic E-state index is 4.37. The molecule has 0 amide bonds. The molecule has 0 radical (unpaired) electrons. The maximum atomic E-state index is 4.37. The van der Waals surface area contributed by atoms with E-state index >= 15 is 0 Å². The van der Waals surface area contributed by atoms with Crippen molar-refractivity contribution in [2.45, 2.75) is 26.3 Å². The summed E-state index contributed by atoms with van der Waals surface area (Å²) in [6, 6.07) is 8.22. The summed E-state index contributed by atoms with van der Waals surface area (Å²) in [7, 11) is 0. The van der Waals surface area contributed by atoms with Crippen LogP contribution in [0.4, 0.5) is 0 Å². The van der Waals surface area contributed by atoms with Crippen molar-refractivity contribution in [1.29, 1.82) is 0 Å². The Morgan fingerprint density at radius 2 is 2.12 bits per heavy atom. The monoisotopic (exact) mass is 278 g/mol. The van der Waals surface area contributed by atoms with Gasteiger partial charge in [-0.15, -0.1) is 0 Å². The lowest BCUT2D eigenvalue weighted by Gasteiger charge is -2.00. The Morgan fingerprint density at radius 1 is 1.31 bits per heavy atom. The van der Waals surface area contributed by atoms with Crippen molar-refractivity contribution in [3.63, 3.8) is 0 Å². The summed E-state index contributed by atoms with van der Waals surface area (Å²) < 4.78 is 3.13. The summed E-state index contributed by atoms with van der Waals surface area (Å²) in [4.78, 5) is 0. The molecule has 2 nitrogen and oxygen atoms in total. The summed E-state index contributed by atoms with van der Waals surface area (Å²) in [5.74, 6) is 0. The highest BCUT2D eigenvalue weighted by Gasteiger charge is 2.04. The van der Waals surface area contributed by atoms with Gasteiger partial charge in [0.1, 0.15) is 0 Å². The van der Waals surface area contributed by atoms with E-state index in [0.717, 1.165) is 11.0 Å². The van der Waals surface area contributed by atoms with Gasteiger partial charge in [-0.1, -0.05) is 47.5 Å². The van der Waals surface area contributed by atoms with Crippen LogP contribution in [0, 0.1) is 0 Å². The molecule has 84 valence electrons. The quantitative estimate of drug-likeness (QED) is 0.823. The van der Waals surface area contributed by atoms with Gasteiger partial charge in [0, 0.05) is 22.8 Å². The number of halogens is 1. The fourth-order valence-electron chi connectivity index (χ4n) is 1.64. The number of hydrogen-bond donors (Lipinski definition) is 0. The molecule has 0 atom stereocenters. The zero-order chi connectivity index (χ0) is 11.4. The normalized spacial score (nSPS) is 10.6. The van der Waals surface area contributed by atoms with Crippen LogP contribution in [0.5, 0.6) is 0 Å². The van der Waals surface area contributed by atoms with Crippen LogP contribution in [-0.4, -0.2) is 9.78 Å². The summed E-state index contributed by atoms with van der Waals surface area (Å²) in [5.41, 5.74) is 2.37. The highest BCUT2D eigenvalue weighted by atomic mass is 79.9. The molecule has 0 aliphatic rings. The number of benzene rings is 1. The molecule has 16 heavy (non-hydrogen) atoms. The van der Waals surface area contributed by atoms with Gasteiger partial charge in [0.05, 0.1) is 6.20 Å². The Hall–Kier alpha value is -1.09. The first-order valence-electron chi connectivity index (χ1n) is 5.58. The van der Waals surface area contributed by atoms with Crippen molar-refractivity contribution in [2.75, 3.05) is 0 Å². The van der Waals surface area contributed by atoms with Gasteiger partial charge in [-0.2, -0.15) is 5.10 Å². The second-order valence-corrected chi connectivity index (χ2v) is 4.68. The summed E-state index contributed by atoms with van der Waals surface area (Å²) in [6.07, 6.45) is 6.41. The van der Waals surface area contributed by atoms with Crippen LogP contribution >= 0.6 is 15.9 Å². The zero-order valence-corrected chi connectivity index (χ0v) is 10.9. The van der Waals surface area contributed by atoms with Crippen LogP contribution in [0.25, 0.3) is 11.1 Å². The molecule has 0 fully saturated rings. The molecule has 1 aromatic carbocycles. The number of rotatable bonds is 4. The van der Waals surface area contributed by atoms with Crippen LogP contribution < -0.4 is 0 Å². The number of unbranched alkanes of at least 4 members (excludes halogenated alkanes) is 1. The van der Waals surface area contributed by atoms with Crippen LogP contribution in [0.2, 0.25) is 0 Å². The van der Waals surface area contributed by atoms with E-state index in [1.165, 1.54) is 24.0 Å². The largest absolute Gasteiger partial charge is 0.272 e. The van der Waals surface area contributed by atoms with Crippen molar-refractivity contribution in [3.8, 4) is 11.1 Å². The molecule has 2 aromatic rings. The third-order valence-corrected chi connectivity index (χ3v) is 3.25. The minimum atomic E-state index is 1.00. The second-order valence-electron chi connectivity index (χ2n) is 3.83.